The van der Waals surface area contributed by atoms with Crippen LogP contribution in [0.5, 0.6) is 0 Å². The molecule has 0 heterocycles. The number of rotatable bonds is 2. The number of amides is 1. The van der Waals surface area contributed by atoms with Gasteiger partial charge in [0.1, 0.15) is 11.8 Å². The molecule has 0 aromatic rings. The summed E-state index contributed by atoms with van der Waals surface area (Å²) in [5.74, 6) is -1.31. The second-order valence-corrected chi connectivity index (χ2v) is 4.66. The van der Waals surface area contributed by atoms with E-state index in [9.17, 15) is 18.0 Å². The first-order valence-electron chi connectivity index (χ1n) is 5.59. The fourth-order valence-corrected chi connectivity index (χ4v) is 0.996. The molecule has 110 valence electrons. The van der Waals surface area contributed by atoms with Crippen LogP contribution in [0, 0.1) is 0 Å². The average Bonchev–Trinajstić information content (AvgIpc) is 2.11. The van der Waals surface area contributed by atoms with Gasteiger partial charge in [0, 0.05) is 6.21 Å². The van der Waals surface area contributed by atoms with Gasteiger partial charge in [0.2, 0.25) is 5.84 Å². The van der Waals surface area contributed by atoms with Gasteiger partial charge >= 0.3 is 12.3 Å². The van der Waals surface area contributed by atoms with Crippen molar-refractivity contribution in [3.05, 3.63) is 0 Å². The van der Waals surface area contributed by atoms with Gasteiger partial charge in [0.25, 0.3) is 0 Å². The molecule has 0 aliphatic rings. The number of hydrogen-bond acceptors (Lipinski definition) is 3. The summed E-state index contributed by atoms with van der Waals surface area (Å²) in [6, 6.07) is 0. The van der Waals surface area contributed by atoms with Crippen molar-refractivity contribution in [2.24, 2.45) is 9.98 Å². The Morgan fingerprint density at radius 2 is 1.84 bits per heavy atom. The SMILES string of the molecule is C/C=N\C(=N/C(C)NC(=O)OC(C)(C)C)C(F)(F)F. The molecule has 0 saturated heterocycles. The lowest BCUT2D eigenvalue weighted by Crippen LogP contribution is -2.38. The lowest BCUT2D eigenvalue weighted by molar-refractivity contribution is -0.0601. The first-order valence-corrected chi connectivity index (χ1v) is 5.59. The van der Waals surface area contributed by atoms with Crippen LogP contribution in [0.2, 0.25) is 0 Å². The minimum Gasteiger partial charge on any atom is -0.444 e. The Kier molecular flexibility index (Phi) is 5.98. The maximum atomic E-state index is 12.5. The molecule has 1 atom stereocenters. The normalized spacial score (nSPS) is 15.5. The Bertz CT molecular complexity index is 370. The average molecular weight is 281 g/mol. The molecule has 0 aromatic heterocycles. The smallest absolute Gasteiger partial charge is 0.444 e. The third kappa shape index (κ3) is 8.17. The molecule has 0 aliphatic carbocycles. The van der Waals surface area contributed by atoms with E-state index in [1.54, 1.807) is 20.8 Å². The zero-order valence-corrected chi connectivity index (χ0v) is 11.5. The Morgan fingerprint density at radius 1 is 1.32 bits per heavy atom. The number of amidine groups is 1. The molecule has 5 nitrogen and oxygen atoms in total. The highest BCUT2D eigenvalue weighted by Gasteiger charge is 2.36. The number of alkyl halides is 3. The van der Waals surface area contributed by atoms with Crippen LogP contribution in [0.1, 0.15) is 34.6 Å². The maximum absolute atomic E-state index is 12.5. The Morgan fingerprint density at radius 3 is 2.21 bits per heavy atom. The van der Waals surface area contributed by atoms with E-state index in [0.29, 0.717) is 0 Å². The minimum atomic E-state index is -4.67. The molecule has 19 heavy (non-hydrogen) atoms. The predicted octanol–water partition coefficient (Wildman–Crippen LogP) is 2.91. The zero-order valence-electron chi connectivity index (χ0n) is 11.5. The second-order valence-electron chi connectivity index (χ2n) is 4.66. The van der Waals surface area contributed by atoms with Gasteiger partial charge in [-0.3, -0.25) is 5.32 Å². The fourth-order valence-electron chi connectivity index (χ4n) is 0.996. The highest BCUT2D eigenvalue weighted by Crippen LogP contribution is 2.18. The predicted molar refractivity (Wildman–Crippen MR) is 66.5 cm³/mol. The van der Waals surface area contributed by atoms with E-state index in [-0.39, 0.29) is 0 Å². The van der Waals surface area contributed by atoms with E-state index in [4.69, 9.17) is 4.74 Å². The van der Waals surface area contributed by atoms with Crippen LogP contribution in [0.4, 0.5) is 18.0 Å². The van der Waals surface area contributed by atoms with E-state index in [1.165, 1.54) is 13.8 Å². The largest absolute Gasteiger partial charge is 0.451 e. The fraction of sp³-hybridized carbons (Fsp3) is 0.727. The molecular weight excluding hydrogens is 263 g/mol. The number of nitrogens with zero attached hydrogens (tertiary/aromatic N) is 2. The maximum Gasteiger partial charge on any atom is 0.451 e. The molecular formula is C11H18F3N3O2. The highest BCUT2D eigenvalue weighted by molar-refractivity contribution is 5.93. The molecule has 1 unspecified atom stereocenters. The zero-order chi connectivity index (χ0) is 15.3. The highest BCUT2D eigenvalue weighted by atomic mass is 19.4. The Hall–Kier alpha value is -1.60. The molecule has 1 amide bonds. The summed E-state index contributed by atoms with van der Waals surface area (Å²) < 4.78 is 42.4. The molecule has 0 radical (unpaired) electrons. The number of aliphatic imine (C=N–C) groups is 2. The van der Waals surface area contributed by atoms with Gasteiger partial charge in [0.05, 0.1) is 0 Å². The third-order valence-electron chi connectivity index (χ3n) is 1.55. The number of ether oxygens (including phenoxy) is 1. The molecule has 0 spiro atoms. The topological polar surface area (TPSA) is 63.0 Å². The van der Waals surface area contributed by atoms with Crippen molar-refractivity contribution in [1.82, 2.24) is 5.32 Å². The van der Waals surface area contributed by atoms with Crippen molar-refractivity contribution < 1.29 is 22.7 Å². The molecule has 0 aromatic carbocycles. The number of carbonyl (C=O) groups excluding carboxylic acids is 1. The molecule has 0 aliphatic heterocycles. The summed E-state index contributed by atoms with van der Waals surface area (Å²) in [6.45, 7) is 7.56. The van der Waals surface area contributed by atoms with Crippen molar-refractivity contribution in [3.8, 4) is 0 Å². The monoisotopic (exact) mass is 281 g/mol. The van der Waals surface area contributed by atoms with Crippen molar-refractivity contribution in [2.75, 3.05) is 0 Å². The summed E-state index contributed by atoms with van der Waals surface area (Å²) in [4.78, 5) is 17.8. The van der Waals surface area contributed by atoms with Gasteiger partial charge in [-0.1, -0.05) is 0 Å². The van der Waals surface area contributed by atoms with Crippen LogP contribution in [0.3, 0.4) is 0 Å². The first-order chi connectivity index (χ1) is 8.45. The minimum absolute atomic E-state index is 0.734. The van der Waals surface area contributed by atoms with Gasteiger partial charge < -0.3 is 4.74 Å². The van der Waals surface area contributed by atoms with Gasteiger partial charge in [0.15, 0.2) is 0 Å². The van der Waals surface area contributed by atoms with Crippen LogP contribution in [-0.2, 0) is 4.74 Å². The second kappa shape index (κ2) is 6.53. The Labute approximate surface area is 110 Å². The van der Waals surface area contributed by atoms with Crippen LogP contribution in [-0.4, -0.2) is 36.1 Å². The van der Waals surface area contributed by atoms with Gasteiger partial charge in [-0.25, -0.2) is 14.8 Å². The summed E-state index contributed by atoms with van der Waals surface area (Å²) in [7, 11) is 0. The summed E-state index contributed by atoms with van der Waals surface area (Å²) in [6.07, 6.45) is -5.64. The van der Waals surface area contributed by atoms with E-state index in [2.05, 4.69) is 15.3 Å². The molecule has 0 fully saturated rings. The van der Waals surface area contributed by atoms with Crippen molar-refractivity contribution in [3.63, 3.8) is 0 Å². The van der Waals surface area contributed by atoms with Crippen molar-refractivity contribution in [1.29, 1.82) is 0 Å². The first kappa shape index (κ1) is 17.4. The van der Waals surface area contributed by atoms with E-state index >= 15 is 0 Å². The number of carbonyl (C=O) groups is 1. The standard InChI is InChI=1S/C11H18F3N3O2/c1-6-15-8(11(12,13)14)16-7(2)17-9(18)19-10(3,4)5/h6-7H,1-5H3,(H,17,18)/b15-6-,16-8-. The summed E-state index contributed by atoms with van der Waals surface area (Å²) >= 11 is 0. The quantitative estimate of drug-likeness (QED) is 0.625. The lowest BCUT2D eigenvalue weighted by Gasteiger charge is -2.21. The van der Waals surface area contributed by atoms with Gasteiger partial charge in [-0.15, -0.1) is 0 Å². The van der Waals surface area contributed by atoms with Crippen molar-refractivity contribution in [2.45, 2.75) is 52.6 Å². The van der Waals surface area contributed by atoms with E-state index in [0.717, 1.165) is 6.21 Å². The van der Waals surface area contributed by atoms with Crippen molar-refractivity contribution >= 4 is 18.1 Å². The molecule has 0 saturated carbocycles. The van der Waals surface area contributed by atoms with Gasteiger partial charge in [-0.05, 0) is 34.6 Å². The summed E-state index contributed by atoms with van der Waals surface area (Å²) in [5, 5.41) is 2.17. The number of hydrogen-bond donors (Lipinski definition) is 1. The third-order valence-corrected chi connectivity index (χ3v) is 1.55. The number of nitrogens with one attached hydrogen (secondary N) is 1. The van der Waals surface area contributed by atoms with E-state index < -0.39 is 29.9 Å². The molecule has 8 heteroatoms. The van der Waals surface area contributed by atoms with Crippen LogP contribution in [0.25, 0.3) is 0 Å². The van der Waals surface area contributed by atoms with Crippen LogP contribution in [0.15, 0.2) is 9.98 Å². The molecule has 0 rings (SSSR count). The molecule has 1 N–H and O–H groups in total. The molecule has 0 bridgehead atoms. The van der Waals surface area contributed by atoms with Crippen LogP contribution >= 0.6 is 0 Å². The van der Waals surface area contributed by atoms with Gasteiger partial charge in [-0.2, -0.15) is 13.2 Å². The number of halogens is 3. The van der Waals surface area contributed by atoms with Crippen LogP contribution < -0.4 is 5.32 Å². The summed E-state index contributed by atoms with van der Waals surface area (Å²) in [5.41, 5.74) is -0.734. The van der Waals surface area contributed by atoms with E-state index in [1.807, 2.05) is 0 Å². The Balaban J connectivity index is 4.74. The number of alkyl carbamates (subject to hydrolysis) is 1. The lowest BCUT2D eigenvalue weighted by atomic mass is 10.2.